The van der Waals surface area contributed by atoms with Gasteiger partial charge < -0.3 is 20.4 Å². The number of nitrogens with zero attached hydrogens (tertiary/aromatic N) is 1. The molecule has 1 aliphatic rings. The minimum absolute atomic E-state index is 0.0803. The van der Waals surface area contributed by atoms with Crippen LogP contribution >= 0.6 is 0 Å². The molecule has 1 atom stereocenters. The number of hydrogen-bond acceptors (Lipinski definition) is 4. The maximum absolute atomic E-state index is 12.7. The molecule has 1 aromatic heterocycles. The maximum Gasteiger partial charge on any atom is 0.325 e. The number of hydrogen-bond donors (Lipinski definition) is 3. The zero-order valence-electron chi connectivity index (χ0n) is 15.8. The average Bonchev–Trinajstić information content (AvgIpc) is 3.28. The van der Waals surface area contributed by atoms with E-state index in [9.17, 15) is 14.4 Å². The van der Waals surface area contributed by atoms with Crippen molar-refractivity contribution >= 4 is 34.4 Å². The van der Waals surface area contributed by atoms with Crippen molar-refractivity contribution in [3.63, 3.8) is 0 Å². The Morgan fingerprint density at radius 1 is 1.17 bits per heavy atom. The van der Waals surface area contributed by atoms with Crippen LogP contribution in [0.5, 0.6) is 5.75 Å². The number of imide groups is 1. The number of rotatable bonds is 6. The Morgan fingerprint density at radius 3 is 2.83 bits per heavy atom. The lowest BCUT2D eigenvalue weighted by molar-refractivity contribution is -0.130. The van der Waals surface area contributed by atoms with Gasteiger partial charge in [0, 0.05) is 28.4 Å². The predicted molar refractivity (Wildman–Crippen MR) is 107 cm³/mol. The van der Waals surface area contributed by atoms with Crippen molar-refractivity contribution in [2.75, 3.05) is 12.4 Å². The highest BCUT2D eigenvalue weighted by Gasteiger charge is 2.39. The standard InChI is InChI=1S/C21H20N4O4/c1-29-18-5-3-2-4-14(18)12-25-20(27)17(24-21(25)28)11-19(26)23-15-6-7-16-13(10-15)8-9-22-16/h2-10,17,22H,11-12H2,1H3,(H,23,26)(H,24,28)/t17-/m0/s1. The van der Waals surface area contributed by atoms with Crippen molar-refractivity contribution in [1.29, 1.82) is 0 Å². The fraction of sp³-hybridized carbons (Fsp3) is 0.190. The second kappa shape index (κ2) is 7.67. The van der Waals surface area contributed by atoms with E-state index in [-0.39, 0.29) is 18.9 Å². The van der Waals surface area contributed by atoms with E-state index in [0.717, 1.165) is 15.8 Å². The van der Waals surface area contributed by atoms with E-state index in [1.54, 1.807) is 18.2 Å². The minimum Gasteiger partial charge on any atom is -0.496 e. The molecule has 1 saturated heterocycles. The molecule has 29 heavy (non-hydrogen) atoms. The Hall–Kier alpha value is -3.81. The zero-order valence-corrected chi connectivity index (χ0v) is 15.8. The zero-order chi connectivity index (χ0) is 20.4. The molecule has 0 radical (unpaired) electrons. The van der Waals surface area contributed by atoms with Crippen molar-refractivity contribution in [2.24, 2.45) is 0 Å². The molecule has 148 valence electrons. The summed E-state index contributed by atoms with van der Waals surface area (Å²) in [5.41, 5.74) is 2.31. The monoisotopic (exact) mass is 392 g/mol. The summed E-state index contributed by atoms with van der Waals surface area (Å²) in [5.74, 6) is -0.190. The van der Waals surface area contributed by atoms with Crippen molar-refractivity contribution in [3.8, 4) is 5.75 Å². The molecule has 0 spiro atoms. The summed E-state index contributed by atoms with van der Waals surface area (Å²) in [6, 6.07) is 13.1. The first-order valence-corrected chi connectivity index (χ1v) is 9.16. The molecule has 1 aliphatic heterocycles. The van der Waals surface area contributed by atoms with Gasteiger partial charge in [-0.2, -0.15) is 0 Å². The predicted octanol–water partition coefficient (Wildman–Crippen LogP) is 2.63. The topological polar surface area (TPSA) is 104 Å². The molecule has 3 aromatic rings. The number of amides is 4. The second-order valence-corrected chi connectivity index (χ2v) is 6.77. The highest BCUT2D eigenvalue weighted by atomic mass is 16.5. The number of fused-ring (bicyclic) bond motifs is 1. The Kier molecular flexibility index (Phi) is 4.90. The van der Waals surface area contributed by atoms with Gasteiger partial charge in [0.05, 0.1) is 20.1 Å². The molecular formula is C21H20N4O4. The quantitative estimate of drug-likeness (QED) is 0.561. The van der Waals surface area contributed by atoms with Gasteiger partial charge in [-0.05, 0) is 30.3 Å². The summed E-state index contributed by atoms with van der Waals surface area (Å²) < 4.78 is 5.27. The summed E-state index contributed by atoms with van der Waals surface area (Å²) in [4.78, 5) is 41.5. The Balaban J connectivity index is 1.41. The number of anilines is 1. The smallest absolute Gasteiger partial charge is 0.325 e. The van der Waals surface area contributed by atoms with E-state index in [1.165, 1.54) is 7.11 Å². The summed E-state index contributed by atoms with van der Waals surface area (Å²) >= 11 is 0. The number of para-hydroxylation sites is 1. The largest absolute Gasteiger partial charge is 0.496 e. The van der Waals surface area contributed by atoms with E-state index in [1.807, 2.05) is 36.5 Å². The number of carbonyl (C=O) groups is 3. The van der Waals surface area contributed by atoms with E-state index >= 15 is 0 Å². The first-order valence-electron chi connectivity index (χ1n) is 9.16. The summed E-state index contributed by atoms with van der Waals surface area (Å²) in [6.45, 7) is 0.0803. The van der Waals surface area contributed by atoms with Crippen molar-refractivity contribution in [1.82, 2.24) is 15.2 Å². The van der Waals surface area contributed by atoms with Crippen LogP contribution in [-0.4, -0.2) is 40.9 Å². The van der Waals surface area contributed by atoms with Gasteiger partial charge in [-0.3, -0.25) is 14.5 Å². The van der Waals surface area contributed by atoms with Crippen LogP contribution in [0.2, 0.25) is 0 Å². The fourth-order valence-corrected chi connectivity index (χ4v) is 3.40. The van der Waals surface area contributed by atoms with Crippen LogP contribution < -0.4 is 15.4 Å². The summed E-state index contributed by atoms with van der Waals surface area (Å²) in [6.07, 6.45) is 1.68. The van der Waals surface area contributed by atoms with Gasteiger partial charge in [0.1, 0.15) is 11.8 Å². The Morgan fingerprint density at radius 2 is 2.00 bits per heavy atom. The Bertz CT molecular complexity index is 1090. The maximum atomic E-state index is 12.7. The molecule has 0 unspecified atom stereocenters. The number of ether oxygens (including phenoxy) is 1. The lowest BCUT2D eigenvalue weighted by atomic mass is 10.1. The third-order valence-corrected chi connectivity index (χ3v) is 4.85. The van der Waals surface area contributed by atoms with Gasteiger partial charge in [-0.15, -0.1) is 0 Å². The fourth-order valence-electron chi connectivity index (χ4n) is 3.40. The number of methoxy groups -OCH3 is 1. The number of H-pyrrole nitrogens is 1. The van der Waals surface area contributed by atoms with Crippen molar-refractivity contribution in [2.45, 2.75) is 19.0 Å². The average molecular weight is 392 g/mol. The normalized spacial score (nSPS) is 16.2. The first kappa shape index (κ1) is 18.5. The minimum atomic E-state index is -0.895. The molecule has 8 nitrogen and oxygen atoms in total. The van der Waals surface area contributed by atoms with Gasteiger partial charge in [0.25, 0.3) is 5.91 Å². The molecule has 8 heteroatoms. The molecule has 4 rings (SSSR count). The second-order valence-electron chi connectivity index (χ2n) is 6.77. The van der Waals surface area contributed by atoms with Gasteiger partial charge >= 0.3 is 6.03 Å². The SMILES string of the molecule is COc1ccccc1CN1C(=O)N[C@@H](CC(=O)Nc2ccc3[nH]ccc3c2)C1=O. The van der Waals surface area contributed by atoms with E-state index < -0.39 is 18.0 Å². The van der Waals surface area contributed by atoms with Crippen LogP contribution in [0, 0.1) is 0 Å². The summed E-state index contributed by atoms with van der Waals surface area (Å²) in [5, 5.41) is 6.33. The van der Waals surface area contributed by atoms with Crippen LogP contribution in [0.4, 0.5) is 10.5 Å². The molecular weight excluding hydrogens is 372 g/mol. The molecule has 0 aliphatic carbocycles. The van der Waals surface area contributed by atoms with Gasteiger partial charge in [-0.25, -0.2) is 4.79 Å². The molecule has 1 fully saturated rings. The number of nitrogens with one attached hydrogen (secondary N) is 3. The molecule has 3 N–H and O–H groups in total. The van der Waals surface area contributed by atoms with Gasteiger partial charge in [-0.1, -0.05) is 18.2 Å². The van der Waals surface area contributed by atoms with E-state index in [4.69, 9.17) is 4.74 Å². The van der Waals surface area contributed by atoms with E-state index in [2.05, 4.69) is 15.6 Å². The van der Waals surface area contributed by atoms with E-state index in [0.29, 0.717) is 17.0 Å². The summed E-state index contributed by atoms with van der Waals surface area (Å²) in [7, 11) is 1.53. The van der Waals surface area contributed by atoms with Crippen molar-refractivity contribution < 1.29 is 19.1 Å². The molecule has 0 bridgehead atoms. The molecule has 2 aromatic carbocycles. The number of aromatic nitrogens is 1. The number of aromatic amines is 1. The molecule has 4 amide bonds. The van der Waals surface area contributed by atoms with Crippen LogP contribution in [-0.2, 0) is 16.1 Å². The number of benzene rings is 2. The van der Waals surface area contributed by atoms with Gasteiger partial charge in [0.15, 0.2) is 0 Å². The van der Waals surface area contributed by atoms with Crippen LogP contribution in [0.1, 0.15) is 12.0 Å². The Labute approximate surface area is 166 Å². The highest BCUT2D eigenvalue weighted by molar-refractivity contribution is 6.07. The third kappa shape index (κ3) is 3.77. The van der Waals surface area contributed by atoms with Crippen LogP contribution in [0.3, 0.4) is 0 Å². The lowest BCUT2D eigenvalue weighted by Gasteiger charge is -2.15. The highest BCUT2D eigenvalue weighted by Crippen LogP contribution is 2.22. The molecule has 2 heterocycles. The van der Waals surface area contributed by atoms with Gasteiger partial charge in [0.2, 0.25) is 5.91 Å². The van der Waals surface area contributed by atoms with Crippen molar-refractivity contribution in [3.05, 3.63) is 60.3 Å². The molecule has 0 saturated carbocycles. The number of urea groups is 1. The third-order valence-electron chi connectivity index (χ3n) is 4.85. The number of carbonyl (C=O) groups excluding carboxylic acids is 3. The lowest BCUT2D eigenvalue weighted by Crippen LogP contribution is -2.34. The van der Waals surface area contributed by atoms with Crippen LogP contribution in [0.15, 0.2) is 54.7 Å². The van der Waals surface area contributed by atoms with Crippen LogP contribution in [0.25, 0.3) is 10.9 Å². The first-order chi connectivity index (χ1) is 14.0.